The molecule has 1 saturated carbocycles. The molecule has 0 spiro atoms. The number of rotatable bonds is 24. The van der Waals surface area contributed by atoms with Crippen molar-refractivity contribution in [2.24, 2.45) is 17.2 Å². The van der Waals surface area contributed by atoms with Crippen LogP contribution >= 0.6 is 0 Å². The molecule has 9 heteroatoms. The van der Waals surface area contributed by atoms with E-state index in [1.54, 1.807) is 24.3 Å². The summed E-state index contributed by atoms with van der Waals surface area (Å²) in [7, 11) is 0. The van der Waals surface area contributed by atoms with Crippen LogP contribution in [0.1, 0.15) is 114 Å². The van der Waals surface area contributed by atoms with Crippen molar-refractivity contribution in [2.75, 3.05) is 46.1 Å². The quantitative estimate of drug-likeness (QED) is 0.0790. The summed E-state index contributed by atoms with van der Waals surface area (Å²) in [4.78, 5) is 0. The van der Waals surface area contributed by atoms with Gasteiger partial charge in [0.25, 0.3) is 5.92 Å². The molecule has 3 aromatic carbocycles. The van der Waals surface area contributed by atoms with E-state index >= 15 is 8.78 Å². The standard InChI is InChI=1S/C43H63F2N3O4/c1-3-5-7-19-42(52-26-10-22-48)31-36(29-41(32-42)51-25-9-21-47)34-13-17-38(18-14-34)43(44,45)37-15-11-33(12-16-37)35-27-39(49-23-6-4-2)30-40(28-35)50-24-8-20-46/h11-18,27-28,30,36,41H,3-10,19-26,29,31-32,46-48H2,1-2H3. The highest BCUT2D eigenvalue weighted by molar-refractivity contribution is 5.68. The van der Waals surface area contributed by atoms with Crippen molar-refractivity contribution in [1.29, 1.82) is 0 Å². The number of halogens is 2. The van der Waals surface area contributed by atoms with Crippen LogP contribution < -0.4 is 26.7 Å². The maximum absolute atomic E-state index is 16.1. The van der Waals surface area contributed by atoms with Gasteiger partial charge < -0.3 is 36.1 Å². The summed E-state index contributed by atoms with van der Waals surface area (Å²) < 4.78 is 57.0. The Morgan fingerprint density at radius 3 is 1.85 bits per heavy atom. The number of nitrogens with two attached hydrogens (primary N) is 3. The Hall–Kier alpha value is -3.08. The van der Waals surface area contributed by atoms with Gasteiger partial charge in [0.05, 0.1) is 24.9 Å². The fourth-order valence-corrected chi connectivity index (χ4v) is 7.12. The molecule has 1 aliphatic rings. The molecular formula is C43H63F2N3O4. The van der Waals surface area contributed by atoms with E-state index in [0.717, 1.165) is 93.7 Å². The topological polar surface area (TPSA) is 115 Å². The average molecular weight is 724 g/mol. The molecule has 7 nitrogen and oxygen atoms in total. The van der Waals surface area contributed by atoms with Crippen molar-refractivity contribution < 1.29 is 27.7 Å². The van der Waals surface area contributed by atoms with E-state index in [2.05, 4.69) is 13.8 Å². The van der Waals surface area contributed by atoms with Gasteiger partial charge in [0.1, 0.15) is 11.5 Å². The normalized spacial score (nSPS) is 19.1. The third-order valence-electron chi connectivity index (χ3n) is 10.0. The number of unbranched alkanes of at least 4 members (excludes halogenated alkanes) is 3. The summed E-state index contributed by atoms with van der Waals surface area (Å²) in [6.45, 7) is 8.31. The lowest BCUT2D eigenvalue weighted by Gasteiger charge is -2.45. The smallest absolute Gasteiger partial charge is 0.298 e. The molecule has 3 atom stereocenters. The van der Waals surface area contributed by atoms with E-state index in [4.69, 9.17) is 36.1 Å². The minimum absolute atomic E-state index is 0.0154. The molecule has 0 radical (unpaired) electrons. The van der Waals surface area contributed by atoms with Crippen molar-refractivity contribution in [3.63, 3.8) is 0 Å². The summed E-state index contributed by atoms with van der Waals surface area (Å²) in [6.07, 6.45) is 11.1. The van der Waals surface area contributed by atoms with Gasteiger partial charge in [-0.3, -0.25) is 0 Å². The molecule has 1 aliphatic carbocycles. The first-order valence-corrected chi connectivity index (χ1v) is 19.6. The van der Waals surface area contributed by atoms with Crippen LogP contribution in [0.2, 0.25) is 0 Å². The van der Waals surface area contributed by atoms with Gasteiger partial charge in [-0.05, 0) is 99.3 Å². The molecule has 0 heterocycles. The molecule has 288 valence electrons. The Kier molecular flexibility index (Phi) is 17.3. The van der Waals surface area contributed by atoms with Crippen LogP contribution in [0.3, 0.4) is 0 Å². The number of hydrogen-bond acceptors (Lipinski definition) is 7. The van der Waals surface area contributed by atoms with E-state index in [1.807, 2.05) is 30.3 Å². The number of hydrogen-bond donors (Lipinski definition) is 3. The third-order valence-corrected chi connectivity index (χ3v) is 10.0. The van der Waals surface area contributed by atoms with Gasteiger partial charge in [0.2, 0.25) is 0 Å². The maximum atomic E-state index is 16.1. The van der Waals surface area contributed by atoms with Crippen molar-refractivity contribution in [3.8, 4) is 22.6 Å². The predicted molar refractivity (Wildman–Crippen MR) is 207 cm³/mol. The molecule has 3 aromatic rings. The van der Waals surface area contributed by atoms with Crippen LogP contribution in [0.25, 0.3) is 11.1 Å². The Morgan fingerprint density at radius 1 is 0.654 bits per heavy atom. The zero-order valence-electron chi connectivity index (χ0n) is 31.6. The monoisotopic (exact) mass is 723 g/mol. The minimum Gasteiger partial charge on any atom is -0.493 e. The summed E-state index contributed by atoms with van der Waals surface area (Å²) >= 11 is 0. The van der Waals surface area contributed by atoms with Gasteiger partial charge in [0.15, 0.2) is 0 Å². The summed E-state index contributed by atoms with van der Waals surface area (Å²) in [5.41, 5.74) is 19.5. The SMILES string of the molecule is CCCCCC1(OCCCN)CC(OCCCN)CC(c2ccc(C(F)(F)c3ccc(-c4cc(OCCCC)cc(OCCCN)c4)cc3)cc2)C1. The molecule has 1 fully saturated rings. The zero-order chi connectivity index (χ0) is 37.2. The van der Waals surface area contributed by atoms with Gasteiger partial charge >= 0.3 is 0 Å². The van der Waals surface area contributed by atoms with E-state index in [-0.39, 0.29) is 28.7 Å². The van der Waals surface area contributed by atoms with Crippen LogP contribution in [-0.2, 0) is 15.4 Å². The van der Waals surface area contributed by atoms with Gasteiger partial charge in [-0.15, -0.1) is 0 Å². The van der Waals surface area contributed by atoms with Gasteiger partial charge in [0, 0.05) is 36.8 Å². The highest BCUT2D eigenvalue weighted by Gasteiger charge is 2.42. The van der Waals surface area contributed by atoms with Crippen LogP contribution in [0.15, 0.2) is 66.7 Å². The highest BCUT2D eigenvalue weighted by atomic mass is 19.3. The molecule has 0 saturated heterocycles. The first-order valence-electron chi connectivity index (χ1n) is 19.6. The van der Waals surface area contributed by atoms with Gasteiger partial charge in [-0.25, -0.2) is 0 Å². The van der Waals surface area contributed by atoms with E-state index in [9.17, 15) is 0 Å². The Bertz CT molecular complexity index is 1400. The van der Waals surface area contributed by atoms with Gasteiger partial charge in [-0.2, -0.15) is 8.78 Å². The summed E-state index contributed by atoms with van der Waals surface area (Å²) in [6, 6.07) is 19.1. The maximum Gasteiger partial charge on any atom is 0.298 e. The lowest BCUT2D eigenvalue weighted by Crippen LogP contribution is -2.44. The number of ether oxygens (including phenoxy) is 4. The Morgan fingerprint density at radius 2 is 1.23 bits per heavy atom. The highest BCUT2D eigenvalue weighted by Crippen LogP contribution is 2.46. The van der Waals surface area contributed by atoms with Gasteiger partial charge in [-0.1, -0.05) is 88.1 Å². The van der Waals surface area contributed by atoms with E-state index in [1.165, 1.54) is 12.1 Å². The second-order valence-corrected chi connectivity index (χ2v) is 14.3. The van der Waals surface area contributed by atoms with Crippen LogP contribution in [0.5, 0.6) is 11.5 Å². The summed E-state index contributed by atoms with van der Waals surface area (Å²) in [5, 5.41) is 0. The second-order valence-electron chi connectivity index (χ2n) is 14.3. The largest absolute Gasteiger partial charge is 0.493 e. The van der Waals surface area contributed by atoms with Crippen molar-refractivity contribution >= 4 is 0 Å². The first-order chi connectivity index (χ1) is 25.3. The molecule has 0 bridgehead atoms. The lowest BCUT2D eigenvalue weighted by molar-refractivity contribution is -0.124. The van der Waals surface area contributed by atoms with Crippen molar-refractivity contribution in [1.82, 2.24) is 0 Å². The minimum atomic E-state index is -3.17. The fraction of sp³-hybridized carbons (Fsp3) is 0.581. The zero-order valence-corrected chi connectivity index (χ0v) is 31.6. The molecule has 0 aromatic heterocycles. The molecule has 6 N–H and O–H groups in total. The van der Waals surface area contributed by atoms with Crippen LogP contribution in [0.4, 0.5) is 8.78 Å². The average Bonchev–Trinajstić information content (AvgIpc) is 3.15. The van der Waals surface area contributed by atoms with E-state index < -0.39 is 5.92 Å². The Balaban J connectivity index is 1.54. The molecular weight excluding hydrogens is 660 g/mol. The second kappa shape index (κ2) is 21.6. The van der Waals surface area contributed by atoms with Crippen LogP contribution in [-0.4, -0.2) is 57.8 Å². The summed E-state index contributed by atoms with van der Waals surface area (Å²) in [5.74, 6) is -1.69. The van der Waals surface area contributed by atoms with Crippen LogP contribution in [0, 0.1) is 0 Å². The number of alkyl halides is 2. The lowest BCUT2D eigenvalue weighted by atomic mass is 9.71. The molecule has 0 aliphatic heterocycles. The van der Waals surface area contributed by atoms with Crippen molar-refractivity contribution in [2.45, 2.75) is 114 Å². The third kappa shape index (κ3) is 12.2. The fourth-order valence-electron chi connectivity index (χ4n) is 7.12. The number of benzene rings is 3. The molecule has 3 unspecified atom stereocenters. The molecule has 4 rings (SSSR count). The van der Waals surface area contributed by atoms with E-state index in [0.29, 0.717) is 57.6 Å². The Labute approximate surface area is 310 Å². The molecule has 0 amide bonds. The molecule has 52 heavy (non-hydrogen) atoms. The first kappa shape index (κ1) is 41.7. The van der Waals surface area contributed by atoms with Crippen molar-refractivity contribution in [3.05, 3.63) is 83.4 Å². The predicted octanol–water partition coefficient (Wildman–Crippen LogP) is 9.09.